The van der Waals surface area contributed by atoms with E-state index in [4.69, 9.17) is 28.4 Å². The monoisotopic (exact) mass is 693 g/mol. The zero-order valence-corrected chi connectivity index (χ0v) is 29.5. The average molecular weight is 694 g/mol. The molecule has 1 aliphatic rings. The van der Waals surface area contributed by atoms with Crippen molar-refractivity contribution in [3.8, 4) is 34.1 Å². The van der Waals surface area contributed by atoms with Crippen LogP contribution in [-0.2, 0) is 16.0 Å². The molecule has 5 aromatic rings. The predicted molar refractivity (Wildman–Crippen MR) is 195 cm³/mol. The van der Waals surface area contributed by atoms with Crippen LogP contribution in [0.3, 0.4) is 0 Å². The van der Waals surface area contributed by atoms with Gasteiger partial charge in [0.2, 0.25) is 6.29 Å². The van der Waals surface area contributed by atoms with Gasteiger partial charge in [-0.2, -0.15) is 0 Å². The van der Waals surface area contributed by atoms with E-state index in [0.717, 1.165) is 33.2 Å². The quantitative estimate of drug-likeness (QED) is 0.157. The fourth-order valence-corrected chi connectivity index (χ4v) is 6.50. The van der Waals surface area contributed by atoms with E-state index in [1.54, 1.807) is 58.3 Å². The van der Waals surface area contributed by atoms with Gasteiger partial charge in [0.25, 0.3) is 5.91 Å². The standard InChI is InChI=1S/C41H43NO9/c1-41(2)38(49-6)36(43)37(44)40(51-41)50-33-18-13-26-20-30(15-12-27(26)21-33)42(24-25-10-16-31(46-3)17-11-25)39(45)29-14-19-35(48-5)34(23-29)28-8-7-9-32(22-28)47-4/h7-23,36-38,40,43-44H,24H2,1-6H3/t36-,37-,38+,40+/m0/s1. The maximum Gasteiger partial charge on any atom is 0.258 e. The highest BCUT2D eigenvalue weighted by atomic mass is 16.7. The van der Waals surface area contributed by atoms with E-state index in [1.807, 2.05) is 84.9 Å². The minimum atomic E-state index is -1.32. The minimum absolute atomic E-state index is 0.198. The lowest BCUT2D eigenvalue weighted by Crippen LogP contribution is -2.63. The Bertz CT molecular complexity index is 1990. The molecule has 2 N–H and O–H groups in total. The number of carbonyl (C=O) groups is 1. The lowest BCUT2D eigenvalue weighted by molar-refractivity contribution is -0.305. The fraction of sp³-hybridized carbons (Fsp3) is 0.293. The zero-order chi connectivity index (χ0) is 36.3. The molecule has 0 saturated carbocycles. The van der Waals surface area contributed by atoms with Crippen molar-refractivity contribution in [2.75, 3.05) is 33.3 Å². The average Bonchev–Trinajstić information content (AvgIpc) is 3.15. The van der Waals surface area contributed by atoms with Crippen LogP contribution in [0.25, 0.3) is 21.9 Å². The highest BCUT2D eigenvalue weighted by Gasteiger charge is 2.50. The summed E-state index contributed by atoms with van der Waals surface area (Å²) in [6, 6.07) is 31.9. The number of benzene rings is 5. The minimum Gasteiger partial charge on any atom is -0.497 e. The van der Waals surface area contributed by atoms with Crippen LogP contribution in [-0.4, -0.2) is 74.8 Å². The number of anilines is 1. The second kappa shape index (κ2) is 15.0. The molecular weight excluding hydrogens is 650 g/mol. The molecule has 0 aromatic heterocycles. The first-order chi connectivity index (χ1) is 24.5. The van der Waals surface area contributed by atoms with Gasteiger partial charge in [0, 0.05) is 23.9 Å². The largest absolute Gasteiger partial charge is 0.497 e. The molecule has 4 atom stereocenters. The van der Waals surface area contributed by atoms with Crippen molar-refractivity contribution in [1.29, 1.82) is 0 Å². The van der Waals surface area contributed by atoms with E-state index in [0.29, 0.717) is 35.0 Å². The first kappa shape index (κ1) is 35.7. The summed E-state index contributed by atoms with van der Waals surface area (Å²) in [6.07, 6.45) is -4.35. The van der Waals surface area contributed by atoms with Crippen molar-refractivity contribution < 1.29 is 43.4 Å². The Morgan fingerprint density at radius 2 is 1.45 bits per heavy atom. The Balaban J connectivity index is 1.33. The highest BCUT2D eigenvalue weighted by Crippen LogP contribution is 2.36. The maximum atomic E-state index is 14.5. The summed E-state index contributed by atoms with van der Waals surface area (Å²) in [5, 5.41) is 23.1. The third-order valence-corrected chi connectivity index (χ3v) is 9.23. The van der Waals surface area contributed by atoms with Crippen LogP contribution in [0.1, 0.15) is 29.8 Å². The number of aliphatic hydroxyl groups is 2. The smallest absolute Gasteiger partial charge is 0.258 e. The molecule has 1 heterocycles. The third kappa shape index (κ3) is 7.50. The van der Waals surface area contributed by atoms with Gasteiger partial charge < -0.3 is 43.5 Å². The summed E-state index contributed by atoms with van der Waals surface area (Å²) in [6.45, 7) is 3.85. The lowest BCUT2D eigenvalue weighted by Gasteiger charge is -2.46. The van der Waals surface area contributed by atoms with Crippen LogP contribution < -0.4 is 23.8 Å². The van der Waals surface area contributed by atoms with Crippen molar-refractivity contribution in [1.82, 2.24) is 0 Å². The molecule has 51 heavy (non-hydrogen) atoms. The zero-order valence-electron chi connectivity index (χ0n) is 29.5. The molecule has 1 fully saturated rings. The van der Waals surface area contributed by atoms with Crippen LogP contribution in [0.2, 0.25) is 0 Å². The second-order valence-electron chi connectivity index (χ2n) is 12.9. The van der Waals surface area contributed by atoms with E-state index >= 15 is 0 Å². The molecule has 10 heteroatoms. The Morgan fingerprint density at radius 1 is 0.745 bits per heavy atom. The molecule has 0 unspecified atom stereocenters. The summed E-state index contributed by atoms with van der Waals surface area (Å²) in [5.74, 6) is 2.30. The second-order valence-corrected chi connectivity index (χ2v) is 12.9. The van der Waals surface area contributed by atoms with Crippen molar-refractivity contribution >= 4 is 22.4 Å². The topological polar surface area (TPSA) is 116 Å². The Labute approximate surface area is 297 Å². The maximum absolute atomic E-state index is 14.5. The van der Waals surface area contributed by atoms with Gasteiger partial charge in [-0.15, -0.1) is 0 Å². The van der Waals surface area contributed by atoms with E-state index in [-0.39, 0.29) is 5.91 Å². The molecule has 5 aromatic carbocycles. The third-order valence-electron chi connectivity index (χ3n) is 9.23. The first-order valence-corrected chi connectivity index (χ1v) is 16.6. The SMILES string of the molecule is COc1ccc(CN(C(=O)c2ccc(OC)c(-c3cccc(OC)c3)c2)c2ccc3cc(O[C@@H]4OC(C)(C)[C@H](OC)[C@@H](O)[C@@H]4O)ccc3c2)cc1. The number of nitrogens with zero attached hydrogens (tertiary/aromatic N) is 1. The van der Waals surface area contributed by atoms with E-state index in [1.165, 1.54) is 7.11 Å². The van der Waals surface area contributed by atoms with Gasteiger partial charge in [-0.1, -0.05) is 36.4 Å². The Kier molecular flexibility index (Phi) is 10.5. The summed E-state index contributed by atoms with van der Waals surface area (Å²) >= 11 is 0. The van der Waals surface area contributed by atoms with Gasteiger partial charge in [0.05, 0.1) is 33.5 Å². The summed E-state index contributed by atoms with van der Waals surface area (Å²) in [5.41, 5.74) is 2.81. The Morgan fingerprint density at radius 3 is 2.16 bits per heavy atom. The molecule has 0 bridgehead atoms. The van der Waals surface area contributed by atoms with Crippen molar-refractivity contribution in [2.45, 2.75) is 50.6 Å². The molecule has 0 radical (unpaired) electrons. The molecule has 1 amide bonds. The summed E-state index contributed by atoms with van der Waals surface area (Å²) < 4.78 is 33.9. The van der Waals surface area contributed by atoms with Crippen LogP contribution in [0.15, 0.2) is 103 Å². The number of rotatable bonds is 11. The van der Waals surface area contributed by atoms with Crippen LogP contribution >= 0.6 is 0 Å². The number of carbonyl (C=O) groups excluding carboxylic acids is 1. The van der Waals surface area contributed by atoms with Gasteiger partial charge in [-0.05, 0) is 102 Å². The summed E-state index contributed by atoms with van der Waals surface area (Å²) in [7, 11) is 6.30. The Hall–Kier alpha value is -5.13. The normalized spacial score (nSPS) is 19.7. The van der Waals surface area contributed by atoms with Gasteiger partial charge in [-0.3, -0.25) is 4.79 Å². The van der Waals surface area contributed by atoms with Crippen LogP contribution in [0.4, 0.5) is 5.69 Å². The number of hydrogen-bond donors (Lipinski definition) is 2. The number of fused-ring (bicyclic) bond motifs is 1. The molecule has 1 aliphatic heterocycles. The first-order valence-electron chi connectivity index (χ1n) is 16.6. The van der Waals surface area contributed by atoms with E-state index in [9.17, 15) is 15.0 Å². The number of ether oxygens (including phenoxy) is 6. The van der Waals surface area contributed by atoms with Crippen LogP contribution in [0.5, 0.6) is 23.0 Å². The lowest BCUT2D eigenvalue weighted by atomic mass is 9.89. The van der Waals surface area contributed by atoms with Crippen molar-refractivity contribution in [3.63, 3.8) is 0 Å². The number of methoxy groups -OCH3 is 4. The van der Waals surface area contributed by atoms with E-state index < -0.39 is 30.2 Å². The molecule has 6 rings (SSSR count). The predicted octanol–water partition coefficient (Wildman–Crippen LogP) is 6.63. The number of aliphatic hydroxyl groups excluding tert-OH is 2. The van der Waals surface area contributed by atoms with Gasteiger partial charge in [0.15, 0.2) is 0 Å². The molecular formula is C41H43NO9. The van der Waals surface area contributed by atoms with Gasteiger partial charge >= 0.3 is 0 Å². The molecule has 0 aliphatic carbocycles. The van der Waals surface area contributed by atoms with E-state index in [2.05, 4.69) is 0 Å². The van der Waals surface area contributed by atoms with Gasteiger partial charge in [0.1, 0.15) is 41.3 Å². The fourth-order valence-electron chi connectivity index (χ4n) is 6.50. The number of hydrogen-bond acceptors (Lipinski definition) is 9. The van der Waals surface area contributed by atoms with Crippen LogP contribution in [0, 0.1) is 0 Å². The number of amides is 1. The van der Waals surface area contributed by atoms with Gasteiger partial charge in [-0.25, -0.2) is 0 Å². The molecule has 10 nitrogen and oxygen atoms in total. The highest BCUT2D eigenvalue weighted by molar-refractivity contribution is 6.08. The molecule has 0 spiro atoms. The molecule has 266 valence electrons. The molecule has 1 saturated heterocycles. The van der Waals surface area contributed by atoms with Crippen molar-refractivity contribution in [3.05, 3.63) is 114 Å². The van der Waals surface area contributed by atoms with Crippen molar-refractivity contribution in [2.24, 2.45) is 0 Å². The summed E-state index contributed by atoms with van der Waals surface area (Å²) in [4.78, 5) is 16.2.